The molecule has 0 N–H and O–H groups in total. The summed E-state index contributed by atoms with van der Waals surface area (Å²) in [5.41, 5.74) is -0.624. The second-order valence-corrected chi connectivity index (χ2v) is 5.78. The van der Waals surface area contributed by atoms with Crippen molar-refractivity contribution in [2.75, 3.05) is 6.54 Å². The van der Waals surface area contributed by atoms with Crippen LogP contribution in [0.3, 0.4) is 0 Å². The van der Waals surface area contributed by atoms with Gasteiger partial charge in [-0.15, -0.1) is 0 Å². The lowest BCUT2D eigenvalue weighted by Gasteiger charge is -2.23. The van der Waals surface area contributed by atoms with Crippen molar-refractivity contribution in [1.29, 1.82) is 0 Å². The van der Waals surface area contributed by atoms with Gasteiger partial charge in [-0.25, -0.2) is 9.69 Å². The van der Waals surface area contributed by atoms with Gasteiger partial charge in [0, 0.05) is 0 Å². The van der Waals surface area contributed by atoms with Crippen LogP contribution in [0, 0.1) is 5.92 Å². The Bertz CT molecular complexity index is 402. The normalized spacial score (nSPS) is 27.6. The maximum absolute atomic E-state index is 12.0. The van der Waals surface area contributed by atoms with E-state index in [1.165, 1.54) is 0 Å². The number of fused-ring (bicyclic) bond motifs is 1. The van der Waals surface area contributed by atoms with Gasteiger partial charge in [0.1, 0.15) is 16.1 Å². The van der Waals surface area contributed by atoms with Crippen LogP contribution in [0.4, 0.5) is 4.79 Å². The smallest absolute Gasteiger partial charge is 0.417 e. The number of amides is 2. The van der Waals surface area contributed by atoms with Crippen molar-refractivity contribution in [3.63, 3.8) is 0 Å². The Morgan fingerprint density at radius 2 is 2.24 bits per heavy atom. The summed E-state index contributed by atoms with van der Waals surface area (Å²) in [7, 11) is 0. The Labute approximate surface area is 107 Å². The lowest BCUT2D eigenvalue weighted by atomic mass is 10.1. The van der Waals surface area contributed by atoms with Crippen LogP contribution >= 0.6 is 15.9 Å². The summed E-state index contributed by atoms with van der Waals surface area (Å²) in [4.78, 5) is 29.8. The van der Waals surface area contributed by atoms with Crippen LogP contribution in [0.5, 0.6) is 0 Å². The number of imide groups is 1. The predicted molar refractivity (Wildman–Crippen MR) is 62.7 cm³/mol. The highest BCUT2D eigenvalue weighted by Crippen LogP contribution is 2.31. The quantitative estimate of drug-likeness (QED) is 0.680. The first-order valence-electron chi connectivity index (χ1n) is 5.23. The number of rotatable bonds is 0. The summed E-state index contributed by atoms with van der Waals surface area (Å²) in [5, 5.41) is 3.67. The van der Waals surface area contributed by atoms with Gasteiger partial charge in [0.15, 0.2) is 6.10 Å². The van der Waals surface area contributed by atoms with E-state index in [1.807, 2.05) is 0 Å². The van der Waals surface area contributed by atoms with Crippen LogP contribution in [0.1, 0.15) is 20.8 Å². The fourth-order valence-corrected chi connectivity index (χ4v) is 2.28. The van der Waals surface area contributed by atoms with E-state index >= 15 is 0 Å². The lowest BCUT2D eigenvalue weighted by Crippen LogP contribution is -2.39. The number of likely N-dealkylation sites (tertiary alicyclic amines) is 1. The second-order valence-electron chi connectivity index (χ2n) is 4.96. The fraction of sp³-hybridized carbons (Fsp3) is 0.700. The van der Waals surface area contributed by atoms with Crippen LogP contribution in [-0.2, 0) is 14.4 Å². The molecule has 7 heteroatoms. The van der Waals surface area contributed by atoms with Crippen LogP contribution in [0.15, 0.2) is 5.16 Å². The van der Waals surface area contributed by atoms with Crippen LogP contribution in [0.25, 0.3) is 0 Å². The topological polar surface area (TPSA) is 68.2 Å². The predicted octanol–water partition coefficient (Wildman–Crippen LogP) is 1.49. The molecule has 2 aliphatic heterocycles. The summed E-state index contributed by atoms with van der Waals surface area (Å²) >= 11 is 3.15. The van der Waals surface area contributed by atoms with Crippen molar-refractivity contribution in [2.24, 2.45) is 11.1 Å². The number of hydrogen-bond donors (Lipinski definition) is 0. The molecule has 0 aliphatic carbocycles. The Hall–Kier alpha value is -1.11. The van der Waals surface area contributed by atoms with Gasteiger partial charge in [0.2, 0.25) is 5.91 Å². The van der Waals surface area contributed by atoms with Gasteiger partial charge < -0.3 is 9.57 Å². The molecule has 94 valence electrons. The number of carbonyl (C=O) groups excluding carboxylic acids is 2. The Morgan fingerprint density at radius 3 is 2.76 bits per heavy atom. The molecule has 0 aromatic carbocycles. The van der Waals surface area contributed by atoms with E-state index in [1.54, 1.807) is 20.8 Å². The summed E-state index contributed by atoms with van der Waals surface area (Å²) < 4.78 is 5.58. The summed E-state index contributed by atoms with van der Waals surface area (Å²) in [6.45, 7) is 5.43. The molecule has 0 radical (unpaired) electrons. The highest BCUT2D eigenvalue weighted by atomic mass is 79.9. The third kappa shape index (κ3) is 2.29. The summed E-state index contributed by atoms with van der Waals surface area (Å²) in [5.74, 6) is -0.847. The molecule has 2 amide bonds. The Morgan fingerprint density at radius 1 is 1.59 bits per heavy atom. The molecule has 1 saturated heterocycles. The summed E-state index contributed by atoms with van der Waals surface area (Å²) in [6, 6.07) is 0. The Balaban J connectivity index is 2.08. The third-order valence-corrected chi connectivity index (χ3v) is 3.05. The van der Waals surface area contributed by atoms with Gasteiger partial charge in [-0.2, -0.15) is 0 Å². The van der Waals surface area contributed by atoms with Crippen molar-refractivity contribution in [1.82, 2.24) is 4.90 Å². The monoisotopic (exact) mass is 304 g/mol. The molecule has 2 heterocycles. The molecule has 17 heavy (non-hydrogen) atoms. The molecule has 0 spiro atoms. The first-order valence-corrected chi connectivity index (χ1v) is 6.02. The number of oxime groups is 1. The molecule has 2 unspecified atom stereocenters. The molecule has 0 aromatic rings. The number of hydrogen-bond acceptors (Lipinski definition) is 5. The third-order valence-electron chi connectivity index (χ3n) is 2.41. The molecule has 2 rings (SSSR count). The number of ether oxygens (including phenoxy) is 1. The minimum absolute atomic E-state index is 0.178. The van der Waals surface area contributed by atoms with Gasteiger partial charge >= 0.3 is 6.09 Å². The maximum atomic E-state index is 12.0. The van der Waals surface area contributed by atoms with E-state index in [4.69, 9.17) is 9.57 Å². The molecule has 0 bridgehead atoms. The highest BCUT2D eigenvalue weighted by molar-refractivity contribution is 9.18. The van der Waals surface area contributed by atoms with E-state index in [2.05, 4.69) is 21.1 Å². The van der Waals surface area contributed by atoms with Crippen LogP contribution in [-0.4, -0.2) is 39.8 Å². The zero-order valence-electron chi connectivity index (χ0n) is 9.77. The van der Waals surface area contributed by atoms with Crippen LogP contribution < -0.4 is 0 Å². The first kappa shape index (κ1) is 12.3. The van der Waals surface area contributed by atoms with Gasteiger partial charge in [-0.3, -0.25) is 4.79 Å². The standard InChI is InChI=1S/C10H13BrN2O4/c1-10(2,3)16-9(15)13-4-5-6(8(13)14)7(11)12-17-5/h5-6H,4H2,1-3H3. The molecular formula is C10H13BrN2O4. The van der Waals surface area contributed by atoms with E-state index in [0.29, 0.717) is 4.62 Å². The fourth-order valence-electron chi connectivity index (χ4n) is 1.71. The minimum atomic E-state index is -0.638. The van der Waals surface area contributed by atoms with Gasteiger partial charge in [-0.1, -0.05) is 5.16 Å². The largest absolute Gasteiger partial charge is 0.443 e. The van der Waals surface area contributed by atoms with E-state index in [9.17, 15) is 9.59 Å². The summed E-state index contributed by atoms with van der Waals surface area (Å²) in [6.07, 6.45) is -1.04. The second kappa shape index (κ2) is 3.97. The van der Waals surface area contributed by atoms with Crippen molar-refractivity contribution in [3.05, 3.63) is 0 Å². The van der Waals surface area contributed by atoms with E-state index < -0.39 is 23.7 Å². The van der Waals surface area contributed by atoms with E-state index in [0.717, 1.165) is 4.90 Å². The van der Waals surface area contributed by atoms with Gasteiger partial charge in [-0.05, 0) is 36.7 Å². The van der Waals surface area contributed by atoms with Crippen molar-refractivity contribution < 1.29 is 19.2 Å². The number of nitrogens with zero attached hydrogens (tertiary/aromatic N) is 2. The minimum Gasteiger partial charge on any atom is -0.443 e. The first-order chi connectivity index (χ1) is 7.79. The SMILES string of the molecule is CC(C)(C)OC(=O)N1CC2ON=C(Br)C2C1=O. The number of carbonyl (C=O) groups is 2. The van der Waals surface area contributed by atoms with Crippen LogP contribution in [0.2, 0.25) is 0 Å². The molecule has 2 atom stereocenters. The van der Waals surface area contributed by atoms with Gasteiger partial charge in [0.25, 0.3) is 0 Å². The highest BCUT2D eigenvalue weighted by Gasteiger charge is 2.51. The average molecular weight is 305 g/mol. The molecule has 0 saturated carbocycles. The molecule has 0 aromatic heterocycles. The maximum Gasteiger partial charge on any atom is 0.417 e. The van der Waals surface area contributed by atoms with Crippen molar-refractivity contribution in [2.45, 2.75) is 32.5 Å². The lowest BCUT2D eigenvalue weighted by molar-refractivity contribution is -0.128. The average Bonchev–Trinajstić information content (AvgIpc) is 2.66. The van der Waals surface area contributed by atoms with Crippen molar-refractivity contribution >= 4 is 32.6 Å². The zero-order valence-corrected chi connectivity index (χ0v) is 11.4. The molecule has 1 fully saturated rings. The Kier molecular flexibility index (Phi) is 2.89. The van der Waals surface area contributed by atoms with Gasteiger partial charge in [0.05, 0.1) is 6.54 Å². The molecule has 6 nitrogen and oxygen atoms in total. The van der Waals surface area contributed by atoms with E-state index in [-0.39, 0.29) is 12.5 Å². The molecular weight excluding hydrogens is 292 g/mol. The van der Waals surface area contributed by atoms with Crippen molar-refractivity contribution in [3.8, 4) is 0 Å². The zero-order chi connectivity index (χ0) is 12.8. The molecule has 2 aliphatic rings. The number of halogens is 1.